The molecule has 5 rings (SSSR count). The van der Waals surface area contributed by atoms with E-state index >= 15 is 0 Å². The minimum Gasteiger partial charge on any atom is -0.507 e. The van der Waals surface area contributed by atoms with Gasteiger partial charge in [-0.2, -0.15) is 5.10 Å². The molecule has 0 aliphatic carbocycles. The molecular weight excluding hydrogens is 422 g/mol. The number of thiophene rings is 1. The van der Waals surface area contributed by atoms with Crippen molar-refractivity contribution in [2.75, 3.05) is 5.32 Å². The molecule has 0 fully saturated rings. The van der Waals surface area contributed by atoms with Gasteiger partial charge in [-0.1, -0.05) is 30.3 Å². The molecule has 1 aliphatic heterocycles. The number of para-hydroxylation sites is 2. The number of rotatable bonds is 4. The number of carboxylic acid groups (broad SMARTS) is 1. The Balaban J connectivity index is 1.85. The molecule has 6 nitrogen and oxygen atoms in total. The predicted molar refractivity (Wildman–Crippen MR) is 125 cm³/mol. The first-order chi connectivity index (χ1) is 15.5. The van der Waals surface area contributed by atoms with E-state index in [1.807, 2.05) is 55.6 Å². The summed E-state index contributed by atoms with van der Waals surface area (Å²) in [7, 11) is 0. The van der Waals surface area contributed by atoms with E-state index in [9.17, 15) is 15.0 Å². The van der Waals surface area contributed by atoms with E-state index in [2.05, 4.69) is 5.32 Å². The molecule has 7 heteroatoms. The zero-order valence-electron chi connectivity index (χ0n) is 17.5. The highest BCUT2D eigenvalue weighted by Crippen LogP contribution is 2.49. The van der Waals surface area contributed by atoms with Gasteiger partial charge in [0.2, 0.25) is 0 Å². The second-order valence-electron chi connectivity index (χ2n) is 7.73. The van der Waals surface area contributed by atoms with Crippen LogP contribution in [0.5, 0.6) is 5.75 Å². The van der Waals surface area contributed by atoms with Gasteiger partial charge >= 0.3 is 5.97 Å². The number of benzene rings is 2. The van der Waals surface area contributed by atoms with Crippen molar-refractivity contribution >= 4 is 28.8 Å². The highest BCUT2D eigenvalue weighted by atomic mass is 32.1. The molecule has 0 bridgehead atoms. The maximum absolute atomic E-state index is 12.7. The largest absolute Gasteiger partial charge is 0.507 e. The molecule has 0 spiro atoms. The minimum atomic E-state index is -1.04. The molecule has 0 saturated heterocycles. The maximum atomic E-state index is 12.7. The molecule has 32 heavy (non-hydrogen) atoms. The number of phenols is 1. The summed E-state index contributed by atoms with van der Waals surface area (Å²) in [6.07, 6.45) is 0. The first-order valence-corrected chi connectivity index (χ1v) is 11.1. The third-order valence-electron chi connectivity index (χ3n) is 5.77. The van der Waals surface area contributed by atoms with Gasteiger partial charge in [-0.05, 0) is 55.1 Å². The summed E-state index contributed by atoms with van der Waals surface area (Å²) in [5.74, 6) is -0.835. The summed E-state index contributed by atoms with van der Waals surface area (Å²) in [5, 5.41) is 31.0. The van der Waals surface area contributed by atoms with Crippen molar-refractivity contribution < 1.29 is 15.0 Å². The lowest BCUT2D eigenvalue weighted by atomic mass is 9.82. The van der Waals surface area contributed by atoms with Gasteiger partial charge < -0.3 is 15.5 Å². The van der Waals surface area contributed by atoms with E-state index in [0.29, 0.717) is 17.1 Å². The molecule has 0 saturated carbocycles. The van der Waals surface area contributed by atoms with Crippen LogP contribution in [0.4, 0.5) is 5.82 Å². The molecule has 4 aromatic rings. The van der Waals surface area contributed by atoms with Crippen molar-refractivity contribution in [1.29, 1.82) is 0 Å². The van der Waals surface area contributed by atoms with Gasteiger partial charge in [0.25, 0.3) is 0 Å². The molecule has 2 aromatic heterocycles. The zero-order valence-corrected chi connectivity index (χ0v) is 18.4. The number of aromatic nitrogens is 2. The van der Waals surface area contributed by atoms with E-state index in [1.165, 1.54) is 11.3 Å². The normalized spacial score (nSPS) is 15.4. The Labute approximate surface area is 189 Å². The molecule has 2 aromatic carbocycles. The number of fused-ring (bicyclic) bond motifs is 1. The average molecular weight is 444 g/mol. The Morgan fingerprint density at radius 3 is 2.44 bits per heavy atom. The van der Waals surface area contributed by atoms with E-state index in [0.717, 1.165) is 27.4 Å². The van der Waals surface area contributed by atoms with Crippen LogP contribution < -0.4 is 5.32 Å². The molecule has 160 valence electrons. The average Bonchev–Trinajstić information content (AvgIpc) is 3.36. The van der Waals surface area contributed by atoms with Crippen LogP contribution in [0, 0.1) is 13.8 Å². The van der Waals surface area contributed by atoms with Crippen LogP contribution in [0.1, 0.15) is 33.2 Å². The fourth-order valence-electron chi connectivity index (χ4n) is 4.31. The molecule has 1 atom stereocenters. The summed E-state index contributed by atoms with van der Waals surface area (Å²) >= 11 is 1.53. The van der Waals surface area contributed by atoms with Gasteiger partial charge in [0, 0.05) is 16.0 Å². The van der Waals surface area contributed by atoms with Crippen LogP contribution in [0.25, 0.3) is 11.4 Å². The molecular formula is C25H21N3O3S. The Morgan fingerprint density at radius 2 is 1.78 bits per heavy atom. The third kappa shape index (κ3) is 3.09. The minimum absolute atomic E-state index is 0.0151. The van der Waals surface area contributed by atoms with Crippen molar-refractivity contribution in [2.24, 2.45) is 0 Å². The van der Waals surface area contributed by atoms with E-state index in [4.69, 9.17) is 5.10 Å². The van der Waals surface area contributed by atoms with Crippen LogP contribution in [-0.2, 0) is 4.79 Å². The van der Waals surface area contributed by atoms with Gasteiger partial charge in [-0.25, -0.2) is 9.48 Å². The molecule has 0 unspecified atom stereocenters. The standard InChI is InChI=1S/C25H21N3O3S/c1-14-12-13-32-23(14)20-19-15(2)27-28(16-8-4-3-5-9-16)24(19)26-22(21(20)25(30)31)17-10-6-7-11-18(17)29/h3-13,20,26,29H,1-2H3,(H,30,31)/t20-/m0/s1. The van der Waals surface area contributed by atoms with Crippen LogP contribution >= 0.6 is 11.3 Å². The monoisotopic (exact) mass is 443 g/mol. The highest BCUT2D eigenvalue weighted by Gasteiger charge is 2.39. The fraction of sp³-hybridized carbons (Fsp3) is 0.120. The number of aromatic hydroxyl groups is 1. The second-order valence-corrected chi connectivity index (χ2v) is 8.68. The van der Waals surface area contributed by atoms with E-state index in [1.54, 1.807) is 28.9 Å². The lowest BCUT2D eigenvalue weighted by Gasteiger charge is -2.29. The molecule has 3 N–H and O–H groups in total. The van der Waals surface area contributed by atoms with Crippen molar-refractivity contribution in [1.82, 2.24) is 9.78 Å². The summed E-state index contributed by atoms with van der Waals surface area (Å²) in [4.78, 5) is 13.6. The molecule has 3 heterocycles. The van der Waals surface area contributed by atoms with Crippen molar-refractivity contribution in [3.8, 4) is 11.4 Å². The number of nitrogens with one attached hydrogen (secondary N) is 1. The van der Waals surface area contributed by atoms with Crippen molar-refractivity contribution in [3.05, 3.63) is 98.9 Å². The number of aryl methyl sites for hydroxylation is 2. The number of hydrogen-bond donors (Lipinski definition) is 3. The van der Waals surface area contributed by atoms with E-state index in [-0.39, 0.29) is 11.3 Å². The predicted octanol–water partition coefficient (Wildman–Crippen LogP) is 5.31. The molecule has 0 radical (unpaired) electrons. The maximum Gasteiger partial charge on any atom is 0.334 e. The number of nitrogens with zero attached hydrogens (tertiary/aromatic N) is 2. The SMILES string of the molecule is Cc1ccsc1[C@@H]1C(C(=O)O)=C(c2ccccc2O)Nc2c1c(C)nn2-c1ccccc1. The Hall–Kier alpha value is -3.84. The van der Waals surface area contributed by atoms with Gasteiger partial charge in [-0.15, -0.1) is 11.3 Å². The van der Waals surface area contributed by atoms with Gasteiger partial charge in [0.15, 0.2) is 0 Å². The quantitative estimate of drug-likeness (QED) is 0.398. The van der Waals surface area contributed by atoms with Gasteiger partial charge in [-0.3, -0.25) is 0 Å². The summed E-state index contributed by atoms with van der Waals surface area (Å²) in [6, 6.07) is 18.5. The fourth-order valence-corrected chi connectivity index (χ4v) is 5.35. The number of phenolic OH excluding ortho intramolecular Hbond substituents is 1. The number of carbonyl (C=O) groups is 1. The van der Waals surface area contributed by atoms with Crippen LogP contribution in [0.15, 0.2) is 71.6 Å². The van der Waals surface area contributed by atoms with Crippen LogP contribution in [-0.4, -0.2) is 26.0 Å². The molecule has 1 aliphatic rings. The number of hydrogen-bond acceptors (Lipinski definition) is 5. The first kappa shape index (κ1) is 20.1. The lowest BCUT2D eigenvalue weighted by Crippen LogP contribution is -2.24. The number of carboxylic acids is 1. The van der Waals surface area contributed by atoms with Gasteiger partial charge in [0.05, 0.1) is 28.6 Å². The number of aliphatic carboxylic acids is 1. The van der Waals surface area contributed by atoms with Crippen molar-refractivity contribution in [2.45, 2.75) is 19.8 Å². The van der Waals surface area contributed by atoms with Crippen LogP contribution in [0.3, 0.4) is 0 Å². The lowest BCUT2D eigenvalue weighted by molar-refractivity contribution is -0.132. The highest BCUT2D eigenvalue weighted by molar-refractivity contribution is 7.10. The Bertz CT molecular complexity index is 1370. The summed E-state index contributed by atoms with van der Waals surface area (Å²) < 4.78 is 1.80. The number of anilines is 1. The first-order valence-electron chi connectivity index (χ1n) is 10.2. The van der Waals surface area contributed by atoms with Crippen molar-refractivity contribution in [3.63, 3.8) is 0 Å². The zero-order chi connectivity index (χ0) is 22.4. The van der Waals surface area contributed by atoms with E-state index < -0.39 is 11.9 Å². The van der Waals surface area contributed by atoms with Gasteiger partial charge in [0.1, 0.15) is 11.6 Å². The third-order valence-corrected chi connectivity index (χ3v) is 6.85. The smallest absolute Gasteiger partial charge is 0.334 e. The summed E-state index contributed by atoms with van der Waals surface area (Å²) in [6.45, 7) is 3.89. The topological polar surface area (TPSA) is 87.4 Å². The molecule has 0 amide bonds. The Kier molecular flexibility index (Phi) is 4.83. The van der Waals surface area contributed by atoms with Crippen LogP contribution in [0.2, 0.25) is 0 Å². The second kappa shape index (κ2) is 7.69. The summed E-state index contributed by atoms with van der Waals surface area (Å²) in [5.41, 5.74) is 4.48. The Morgan fingerprint density at radius 1 is 1.06 bits per heavy atom.